The fraction of sp³-hybridized carbons (Fsp3) is 0.562. The van der Waals surface area contributed by atoms with Crippen LogP contribution in [-0.4, -0.2) is 49.4 Å². The summed E-state index contributed by atoms with van der Waals surface area (Å²) in [6.45, 7) is 6.82. The molecule has 2 aromatic rings. The number of imidazole rings is 1. The lowest BCUT2D eigenvalue weighted by Gasteiger charge is -2.24. The lowest BCUT2D eigenvalue weighted by Crippen LogP contribution is -2.34. The number of rotatable bonds is 2. The molecular formula is C16H17N5O4. The SMILES string of the molecule is CC(=O)C1OC(n2cnc3c(C)nc(C#N)nc32)C2OC(C)(C)OC12. The summed E-state index contributed by atoms with van der Waals surface area (Å²) in [7, 11) is 0. The zero-order valence-corrected chi connectivity index (χ0v) is 14.3. The number of ether oxygens (including phenoxy) is 3. The Labute approximate surface area is 143 Å². The van der Waals surface area contributed by atoms with Crippen LogP contribution in [0.4, 0.5) is 0 Å². The Morgan fingerprint density at radius 2 is 2.04 bits per heavy atom. The monoisotopic (exact) mass is 343 g/mol. The number of nitriles is 1. The van der Waals surface area contributed by atoms with Crippen molar-refractivity contribution in [2.24, 2.45) is 0 Å². The number of fused-ring (bicyclic) bond motifs is 2. The first kappa shape index (κ1) is 16.1. The minimum absolute atomic E-state index is 0.0494. The molecule has 0 N–H and O–H groups in total. The molecule has 4 unspecified atom stereocenters. The van der Waals surface area contributed by atoms with E-state index in [-0.39, 0.29) is 11.6 Å². The van der Waals surface area contributed by atoms with Gasteiger partial charge in [-0.2, -0.15) is 10.2 Å². The van der Waals surface area contributed by atoms with Crippen LogP contribution < -0.4 is 0 Å². The summed E-state index contributed by atoms with van der Waals surface area (Å²) in [6, 6.07) is 1.94. The van der Waals surface area contributed by atoms with Crippen molar-refractivity contribution in [1.29, 1.82) is 5.26 Å². The molecule has 0 aliphatic carbocycles. The number of aromatic nitrogens is 4. The number of carbonyl (C=O) groups excluding carboxylic acids is 1. The lowest BCUT2D eigenvalue weighted by atomic mass is 10.1. The minimum Gasteiger partial charge on any atom is -0.341 e. The maximum absolute atomic E-state index is 12.0. The second-order valence-corrected chi connectivity index (χ2v) is 6.69. The van der Waals surface area contributed by atoms with Crippen molar-refractivity contribution in [2.45, 2.75) is 58.0 Å². The highest BCUT2D eigenvalue weighted by Gasteiger charge is 2.57. The summed E-state index contributed by atoms with van der Waals surface area (Å²) in [5.74, 6) is -0.899. The number of hydrogen-bond acceptors (Lipinski definition) is 8. The standard InChI is InChI=1S/C16H17N5O4/c1-7-10-14(20-9(5-17)19-7)21(6-18-10)15-13-12(11(23-15)8(2)22)24-16(3,4)25-13/h6,11-13,15H,1-4H3. The van der Waals surface area contributed by atoms with Gasteiger partial charge in [-0.3, -0.25) is 9.36 Å². The first-order chi connectivity index (χ1) is 11.8. The fourth-order valence-corrected chi connectivity index (χ4v) is 3.42. The number of nitrogens with zero attached hydrogens (tertiary/aromatic N) is 5. The molecule has 130 valence electrons. The van der Waals surface area contributed by atoms with Crippen LogP contribution in [0.15, 0.2) is 6.33 Å². The molecule has 2 fully saturated rings. The average molecular weight is 343 g/mol. The summed E-state index contributed by atoms with van der Waals surface area (Å²) < 4.78 is 19.4. The Hall–Kier alpha value is -2.41. The number of carbonyl (C=O) groups is 1. The highest BCUT2D eigenvalue weighted by Crippen LogP contribution is 2.43. The summed E-state index contributed by atoms with van der Waals surface area (Å²) in [4.78, 5) is 24.6. The smallest absolute Gasteiger partial charge is 0.234 e. The van der Waals surface area contributed by atoms with Crippen molar-refractivity contribution >= 4 is 16.9 Å². The van der Waals surface area contributed by atoms with E-state index >= 15 is 0 Å². The molecule has 0 spiro atoms. The van der Waals surface area contributed by atoms with Gasteiger partial charge in [-0.25, -0.2) is 9.97 Å². The van der Waals surface area contributed by atoms with E-state index in [1.165, 1.54) is 6.92 Å². The molecule has 25 heavy (non-hydrogen) atoms. The largest absolute Gasteiger partial charge is 0.341 e. The maximum Gasteiger partial charge on any atom is 0.234 e. The van der Waals surface area contributed by atoms with Crippen molar-refractivity contribution in [3.05, 3.63) is 17.8 Å². The molecule has 0 aromatic carbocycles. The normalized spacial score (nSPS) is 30.4. The molecule has 9 heteroatoms. The van der Waals surface area contributed by atoms with Crippen LogP contribution in [0, 0.1) is 18.3 Å². The van der Waals surface area contributed by atoms with Crippen LogP contribution in [0.25, 0.3) is 11.2 Å². The maximum atomic E-state index is 12.0. The van der Waals surface area contributed by atoms with Gasteiger partial charge in [0.05, 0.1) is 12.0 Å². The summed E-state index contributed by atoms with van der Waals surface area (Å²) in [6.07, 6.45) is -0.790. The van der Waals surface area contributed by atoms with E-state index in [0.29, 0.717) is 16.9 Å². The van der Waals surface area contributed by atoms with Gasteiger partial charge in [-0.1, -0.05) is 0 Å². The van der Waals surface area contributed by atoms with Crippen LogP contribution in [-0.2, 0) is 19.0 Å². The zero-order chi connectivity index (χ0) is 17.9. The second kappa shape index (κ2) is 5.29. The van der Waals surface area contributed by atoms with Gasteiger partial charge >= 0.3 is 0 Å². The first-order valence-electron chi connectivity index (χ1n) is 7.93. The number of Topliss-reactive ketones (excluding diaryl/α,β-unsaturated/α-hetero) is 1. The van der Waals surface area contributed by atoms with Gasteiger partial charge in [0.1, 0.15) is 29.9 Å². The van der Waals surface area contributed by atoms with Gasteiger partial charge in [-0.15, -0.1) is 0 Å². The van der Waals surface area contributed by atoms with Crippen molar-refractivity contribution in [2.75, 3.05) is 0 Å². The zero-order valence-electron chi connectivity index (χ0n) is 14.3. The van der Waals surface area contributed by atoms with Gasteiger partial charge in [0, 0.05) is 0 Å². The molecule has 9 nitrogen and oxygen atoms in total. The Bertz CT molecular complexity index is 915. The molecule has 4 rings (SSSR count). The third kappa shape index (κ3) is 2.41. The van der Waals surface area contributed by atoms with E-state index in [0.717, 1.165) is 0 Å². The van der Waals surface area contributed by atoms with Gasteiger partial charge in [0.25, 0.3) is 0 Å². The third-order valence-corrected chi connectivity index (χ3v) is 4.40. The first-order valence-corrected chi connectivity index (χ1v) is 7.93. The van der Waals surface area contributed by atoms with Crippen molar-refractivity contribution in [3.63, 3.8) is 0 Å². The topological polar surface area (TPSA) is 112 Å². The minimum atomic E-state index is -0.815. The summed E-state index contributed by atoms with van der Waals surface area (Å²) in [5.41, 5.74) is 1.63. The van der Waals surface area contributed by atoms with E-state index in [9.17, 15) is 4.79 Å². The Morgan fingerprint density at radius 3 is 2.72 bits per heavy atom. The molecule has 0 radical (unpaired) electrons. The Kier molecular flexibility index (Phi) is 3.40. The number of hydrogen-bond donors (Lipinski definition) is 0. The fourth-order valence-electron chi connectivity index (χ4n) is 3.42. The van der Waals surface area contributed by atoms with E-state index in [4.69, 9.17) is 19.5 Å². The van der Waals surface area contributed by atoms with Crippen LogP contribution in [0.1, 0.15) is 38.5 Å². The predicted molar refractivity (Wildman–Crippen MR) is 83.2 cm³/mol. The Morgan fingerprint density at radius 1 is 1.32 bits per heavy atom. The predicted octanol–water partition coefficient (Wildman–Crippen LogP) is 1.01. The molecule has 2 saturated heterocycles. The molecule has 2 aromatic heterocycles. The number of aryl methyl sites for hydroxylation is 1. The van der Waals surface area contributed by atoms with Crippen LogP contribution in [0.2, 0.25) is 0 Å². The molecule has 0 amide bonds. The average Bonchev–Trinajstić information content (AvgIpc) is 3.17. The second-order valence-electron chi connectivity index (χ2n) is 6.69. The molecule has 4 atom stereocenters. The summed E-state index contributed by atoms with van der Waals surface area (Å²) in [5, 5.41) is 9.12. The molecule has 4 heterocycles. The Balaban J connectivity index is 1.82. The van der Waals surface area contributed by atoms with Gasteiger partial charge in [-0.05, 0) is 27.7 Å². The van der Waals surface area contributed by atoms with Crippen molar-refractivity contribution in [1.82, 2.24) is 19.5 Å². The summed E-state index contributed by atoms with van der Waals surface area (Å²) >= 11 is 0. The molecule has 2 aliphatic rings. The third-order valence-electron chi connectivity index (χ3n) is 4.40. The van der Waals surface area contributed by atoms with Crippen LogP contribution in [0.5, 0.6) is 0 Å². The van der Waals surface area contributed by atoms with E-state index in [1.807, 2.05) is 6.07 Å². The molecule has 0 bridgehead atoms. The van der Waals surface area contributed by atoms with Gasteiger partial charge in [0.2, 0.25) is 5.82 Å². The van der Waals surface area contributed by atoms with E-state index in [2.05, 4.69) is 15.0 Å². The van der Waals surface area contributed by atoms with Gasteiger partial charge < -0.3 is 14.2 Å². The number of ketones is 1. The lowest BCUT2D eigenvalue weighted by molar-refractivity contribution is -0.196. The molecule has 2 aliphatic heterocycles. The molecule has 0 saturated carbocycles. The molecular weight excluding hydrogens is 326 g/mol. The van der Waals surface area contributed by atoms with Gasteiger partial charge in [0.15, 0.2) is 23.4 Å². The van der Waals surface area contributed by atoms with Crippen molar-refractivity contribution < 1.29 is 19.0 Å². The highest BCUT2D eigenvalue weighted by molar-refractivity contribution is 5.81. The van der Waals surface area contributed by atoms with Crippen molar-refractivity contribution in [3.8, 4) is 6.07 Å². The van der Waals surface area contributed by atoms with E-state index < -0.39 is 30.3 Å². The van der Waals surface area contributed by atoms with Crippen LogP contribution >= 0.6 is 0 Å². The highest BCUT2D eigenvalue weighted by atomic mass is 16.8. The van der Waals surface area contributed by atoms with Crippen LogP contribution in [0.3, 0.4) is 0 Å². The van der Waals surface area contributed by atoms with E-state index in [1.54, 1.807) is 31.7 Å². The quantitative estimate of drug-likeness (QED) is 0.794.